The number of aliphatic hydroxyl groups is 1. The molecule has 0 aromatic heterocycles. The van der Waals surface area contributed by atoms with Crippen molar-refractivity contribution < 1.29 is 24.3 Å². The number of guanidine groups is 1. The van der Waals surface area contributed by atoms with Crippen LogP contribution in [-0.4, -0.2) is 72.0 Å². The van der Waals surface area contributed by atoms with Gasteiger partial charge in [-0.15, -0.1) is 0 Å². The Morgan fingerprint density at radius 2 is 1.32 bits per heavy atom. The summed E-state index contributed by atoms with van der Waals surface area (Å²) in [5.74, 6) is -2.93. The quantitative estimate of drug-likeness (QED) is 0.0568. The number of hydrogen-bond acceptors (Lipinski definition) is 7. The van der Waals surface area contributed by atoms with Gasteiger partial charge in [0.2, 0.25) is 23.6 Å². The van der Waals surface area contributed by atoms with Crippen LogP contribution in [-0.2, 0) is 32.0 Å². The van der Waals surface area contributed by atoms with Crippen molar-refractivity contribution in [3.05, 3.63) is 83.9 Å². The smallest absolute Gasteiger partial charge is 0.243 e. The van der Waals surface area contributed by atoms with E-state index in [1.165, 1.54) is 0 Å². The number of nitrogens with two attached hydrogens (primary N) is 4. The minimum absolute atomic E-state index is 0.0641. The number of fused-ring (bicyclic) bond motifs is 1. The number of benzene rings is 3. The minimum Gasteiger partial charge on any atom is -0.394 e. The van der Waals surface area contributed by atoms with Crippen LogP contribution in [0.4, 0.5) is 0 Å². The van der Waals surface area contributed by atoms with Crippen LogP contribution < -0.4 is 38.9 Å². The minimum atomic E-state index is -1.35. The van der Waals surface area contributed by atoms with Crippen molar-refractivity contribution in [1.29, 1.82) is 0 Å². The maximum Gasteiger partial charge on any atom is 0.243 e. The lowest BCUT2D eigenvalue weighted by atomic mass is 9.97. The van der Waals surface area contributed by atoms with Gasteiger partial charge in [0.25, 0.3) is 0 Å². The van der Waals surface area contributed by atoms with Gasteiger partial charge in [-0.3, -0.25) is 24.2 Å². The van der Waals surface area contributed by atoms with Gasteiger partial charge in [0.05, 0.1) is 12.6 Å². The first-order valence-electron chi connectivity index (χ1n) is 14.2. The Labute approximate surface area is 255 Å². The summed E-state index contributed by atoms with van der Waals surface area (Å²) < 4.78 is 0. The van der Waals surface area contributed by atoms with Crippen LogP contribution in [0.25, 0.3) is 10.8 Å². The molecule has 3 aromatic carbocycles. The van der Waals surface area contributed by atoms with Gasteiger partial charge in [-0.2, -0.15) is 0 Å². The molecule has 44 heavy (non-hydrogen) atoms. The van der Waals surface area contributed by atoms with Gasteiger partial charge in [-0.1, -0.05) is 72.8 Å². The summed E-state index contributed by atoms with van der Waals surface area (Å²) >= 11 is 0. The highest BCUT2D eigenvalue weighted by Gasteiger charge is 2.30. The average Bonchev–Trinajstić information content (AvgIpc) is 3.01. The molecule has 0 fully saturated rings. The fraction of sp³-hybridized carbons (Fsp3) is 0.323. The molecule has 13 nitrogen and oxygen atoms in total. The van der Waals surface area contributed by atoms with Crippen molar-refractivity contribution in [2.45, 2.75) is 49.9 Å². The second-order valence-electron chi connectivity index (χ2n) is 10.4. The monoisotopic (exact) mass is 604 g/mol. The summed E-state index contributed by atoms with van der Waals surface area (Å²) in [6.45, 7) is -0.423. The molecule has 4 amide bonds. The third kappa shape index (κ3) is 10.1. The number of amides is 4. The standard InChI is InChI=1S/C31H40N8O5/c32-23(14-7-15-36-31(34)35)28(42)37-25(17-21-12-6-11-20-10-4-5-13-22(20)21)30(44)38-24(16-19-8-2-1-3-9-19)29(43)39-26(18-40)27(33)41/h1-6,8-13,23-26,40H,7,14-18,32H2,(H2,33,41)(H,37,42)(H,38,44)(H,39,43)(H4,34,35,36)/t23-,24-,25-,26-/m0/s1. The second kappa shape index (κ2) is 16.6. The Balaban J connectivity index is 1.87. The first-order chi connectivity index (χ1) is 21.1. The summed E-state index contributed by atoms with van der Waals surface area (Å²) in [4.78, 5) is 55.8. The highest BCUT2D eigenvalue weighted by atomic mass is 16.3. The summed E-state index contributed by atoms with van der Waals surface area (Å²) in [6.07, 6.45) is 0.867. The van der Waals surface area contributed by atoms with Crippen LogP contribution >= 0.6 is 0 Å². The van der Waals surface area contributed by atoms with Crippen molar-refractivity contribution in [3.8, 4) is 0 Å². The van der Waals surface area contributed by atoms with Gasteiger partial charge in [0.1, 0.15) is 18.1 Å². The average molecular weight is 605 g/mol. The predicted molar refractivity (Wildman–Crippen MR) is 168 cm³/mol. The highest BCUT2D eigenvalue weighted by molar-refractivity contribution is 5.95. The number of nitrogens with one attached hydrogen (secondary N) is 3. The van der Waals surface area contributed by atoms with E-state index >= 15 is 0 Å². The van der Waals surface area contributed by atoms with Crippen LogP contribution in [0.5, 0.6) is 0 Å². The molecule has 3 aromatic rings. The van der Waals surface area contributed by atoms with Gasteiger partial charge in [-0.25, -0.2) is 0 Å². The normalized spacial score (nSPS) is 13.6. The van der Waals surface area contributed by atoms with Gasteiger partial charge in [0, 0.05) is 19.4 Å². The fourth-order valence-corrected chi connectivity index (χ4v) is 4.64. The number of rotatable bonds is 16. The molecule has 0 radical (unpaired) electrons. The lowest BCUT2D eigenvalue weighted by Crippen LogP contribution is -2.59. The molecule has 13 heteroatoms. The number of carbonyl (C=O) groups excluding carboxylic acids is 4. The van der Waals surface area contributed by atoms with Crippen molar-refractivity contribution in [2.75, 3.05) is 13.2 Å². The second-order valence-corrected chi connectivity index (χ2v) is 10.4. The molecular weight excluding hydrogens is 564 g/mol. The number of aliphatic hydroxyl groups excluding tert-OH is 1. The molecular formula is C31H40N8O5. The van der Waals surface area contributed by atoms with E-state index in [2.05, 4.69) is 20.9 Å². The Morgan fingerprint density at radius 1 is 0.727 bits per heavy atom. The zero-order valence-corrected chi connectivity index (χ0v) is 24.3. The van der Waals surface area contributed by atoms with Crippen LogP contribution in [0.15, 0.2) is 77.8 Å². The van der Waals surface area contributed by atoms with E-state index in [-0.39, 0.29) is 25.2 Å². The Bertz CT molecular complexity index is 1460. The third-order valence-corrected chi connectivity index (χ3v) is 7.00. The lowest BCUT2D eigenvalue weighted by molar-refractivity contribution is -0.133. The number of aliphatic imine (C=N–C) groups is 1. The Kier molecular flexibility index (Phi) is 12.6. The van der Waals surface area contributed by atoms with Gasteiger partial charge >= 0.3 is 0 Å². The molecule has 3 rings (SSSR count). The molecule has 0 aliphatic heterocycles. The van der Waals surface area contributed by atoms with Crippen molar-refractivity contribution in [2.24, 2.45) is 27.9 Å². The summed E-state index contributed by atoms with van der Waals surface area (Å²) in [6, 6.07) is 17.6. The predicted octanol–water partition coefficient (Wildman–Crippen LogP) is -1.06. The van der Waals surface area contributed by atoms with Crippen LogP contribution in [0.1, 0.15) is 24.0 Å². The zero-order chi connectivity index (χ0) is 32.1. The van der Waals surface area contributed by atoms with Crippen LogP contribution in [0.3, 0.4) is 0 Å². The van der Waals surface area contributed by atoms with E-state index in [0.717, 1.165) is 21.9 Å². The highest BCUT2D eigenvalue weighted by Crippen LogP contribution is 2.20. The number of hydrogen-bond donors (Lipinski definition) is 8. The molecule has 0 saturated carbocycles. The first-order valence-corrected chi connectivity index (χ1v) is 14.2. The summed E-state index contributed by atoms with van der Waals surface area (Å²) in [5.41, 5.74) is 23.6. The maximum absolute atomic E-state index is 13.8. The molecule has 12 N–H and O–H groups in total. The van der Waals surface area contributed by atoms with Gasteiger partial charge in [-0.05, 0) is 34.7 Å². The van der Waals surface area contributed by atoms with Gasteiger partial charge in [0.15, 0.2) is 5.96 Å². The molecule has 0 aliphatic carbocycles. The molecule has 0 unspecified atom stereocenters. The SMILES string of the molecule is NC(=O)[C@H](CO)NC(=O)[C@H](Cc1ccccc1)NC(=O)[C@H](Cc1cccc2ccccc12)NC(=O)[C@@H](N)CCCN=C(N)N. The van der Waals surface area contributed by atoms with E-state index in [1.54, 1.807) is 24.3 Å². The van der Waals surface area contributed by atoms with Crippen molar-refractivity contribution in [1.82, 2.24) is 16.0 Å². The van der Waals surface area contributed by atoms with Crippen molar-refractivity contribution in [3.63, 3.8) is 0 Å². The fourth-order valence-electron chi connectivity index (χ4n) is 4.64. The Hall–Kier alpha value is -5.01. The molecule has 0 bridgehead atoms. The van der Waals surface area contributed by atoms with E-state index in [9.17, 15) is 24.3 Å². The largest absolute Gasteiger partial charge is 0.394 e. The van der Waals surface area contributed by atoms with E-state index in [0.29, 0.717) is 13.0 Å². The molecule has 0 heterocycles. The molecule has 0 spiro atoms. The third-order valence-electron chi connectivity index (χ3n) is 7.00. The van der Waals surface area contributed by atoms with E-state index < -0.39 is 54.4 Å². The zero-order valence-electron chi connectivity index (χ0n) is 24.3. The number of primary amides is 1. The number of carbonyl (C=O) groups is 4. The van der Waals surface area contributed by atoms with E-state index in [4.69, 9.17) is 22.9 Å². The number of nitrogens with zero attached hydrogens (tertiary/aromatic N) is 1. The first kappa shape index (κ1) is 33.5. The van der Waals surface area contributed by atoms with Crippen molar-refractivity contribution >= 4 is 40.4 Å². The summed E-state index contributed by atoms with van der Waals surface area (Å²) in [5, 5.41) is 19.2. The lowest BCUT2D eigenvalue weighted by Gasteiger charge is -2.25. The van der Waals surface area contributed by atoms with Gasteiger partial charge < -0.3 is 44.0 Å². The molecule has 0 saturated heterocycles. The molecule has 4 atom stereocenters. The molecule has 234 valence electrons. The summed E-state index contributed by atoms with van der Waals surface area (Å²) in [7, 11) is 0. The maximum atomic E-state index is 13.8. The van der Waals surface area contributed by atoms with Crippen LogP contribution in [0.2, 0.25) is 0 Å². The van der Waals surface area contributed by atoms with E-state index in [1.807, 2.05) is 48.5 Å². The molecule has 0 aliphatic rings. The topological polar surface area (TPSA) is 241 Å². The Morgan fingerprint density at radius 3 is 1.98 bits per heavy atom. The van der Waals surface area contributed by atoms with Crippen LogP contribution in [0, 0.1) is 0 Å².